The summed E-state index contributed by atoms with van der Waals surface area (Å²) in [4.78, 5) is 24.9. The summed E-state index contributed by atoms with van der Waals surface area (Å²) in [6.45, 7) is 15.6. The van der Waals surface area contributed by atoms with Crippen molar-refractivity contribution < 1.29 is 14.3 Å². The predicted octanol–water partition coefficient (Wildman–Crippen LogP) is 7.77. The number of esters is 1. The van der Waals surface area contributed by atoms with Gasteiger partial charge in [-0.25, -0.2) is 0 Å². The van der Waals surface area contributed by atoms with Gasteiger partial charge in [-0.05, 0) is 91.3 Å². The molecule has 3 heteroatoms. The van der Waals surface area contributed by atoms with E-state index in [1.807, 2.05) is 0 Å². The smallest absolute Gasteiger partial charge is 0.302 e. The molecule has 34 heavy (non-hydrogen) atoms. The molecule has 0 aromatic carbocycles. The van der Waals surface area contributed by atoms with Crippen LogP contribution in [0, 0.1) is 52.3 Å². The van der Waals surface area contributed by atoms with Crippen molar-refractivity contribution in [2.24, 2.45) is 52.3 Å². The monoisotopic (exact) mass is 470 g/mol. The molecule has 4 aliphatic rings. The Hall–Kier alpha value is -1.12. The highest BCUT2D eigenvalue weighted by Crippen LogP contribution is 2.67. The Morgan fingerprint density at radius 2 is 1.79 bits per heavy atom. The minimum absolute atomic E-state index is 0.0720. The van der Waals surface area contributed by atoms with Crippen molar-refractivity contribution in [2.45, 2.75) is 119 Å². The van der Waals surface area contributed by atoms with E-state index in [1.54, 1.807) is 5.57 Å². The number of hydrogen-bond acceptors (Lipinski definition) is 3. The van der Waals surface area contributed by atoms with Crippen molar-refractivity contribution in [1.29, 1.82) is 0 Å². The number of hydrogen-bond donors (Lipinski definition) is 0. The van der Waals surface area contributed by atoms with Gasteiger partial charge in [0.15, 0.2) is 0 Å². The first-order chi connectivity index (χ1) is 16.0. The van der Waals surface area contributed by atoms with Crippen molar-refractivity contribution in [3.05, 3.63) is 11.6 Å². The second-order valence-electron chi connectivity index (χ2n) is 13.3. The van der Waals surface area contributed by atoms with E-state index in [0.29, 0.717) is 29.0 Å². The van der Waals surface area contributed by atoms with E-state index in [1.165, 1.54) is 39.0 Å². The van der Waals surface area contributed by atoms with Crippen LogP contribution in [-0.4, -0.2) is 17.9 Å². The molecule has 9 atom stereocenters. The molecular weight excluding hydrogens is 420 g/mol. The van der Waals surface area contributed by atoms with Gasteiger partial charge in [0, 0.05) is 25.7 Å². The fraction of sp³-hybridized carbons (Fsp3) is 0.871. The van der Waals surface area contributed by atoms with Crippen LogP contribution in [-0.2, 0) is 14.3 Å². The van der Waals surface area contributed by atoms with Crippen LogP contribution in [0.1, 0.15) is 113 Å². The zero-order valence-electron chi connectivity index (χ0n) is 23.0. The zero-order valence-corrected chi connectivity index (χ0v) is 23.0. The summed E-state index contributed by atoms with van der Waals surface area (Å²) in [5.74, 6) is 4.50. The van der Waals surface area contributed by atoms with E-state index >= 15 is 0 Å². The van der Waals surface area contributed by atoms with Gasteiger partial charge in [0.25, 0.3) is 0 Å². The number of rotatable bonds is 7. The van der Waals surface area contributed by atoms with Gasteiger partial charge in [0.1, 0.15) is 11.9 Å². The number of fused-ring (bicyclic) bond motifs is 5. The largest absolute Gasteiger partial charge is 0.462 e. The number of ether oxygens (including phenoxy) is 1. The van der Waals surface area contributed by atoms with Crippen molar-refractivity contribution in [3.8, 4) is 0 Å². The topological polar surface area (TPSA) is 43.4 Å². The average Bonchev–Trinajstić information content (AvgIpc) is 3.13. The van der Waals surface area contributed by atoms with Crippen LogP contribution in [0.4, 0.5) is 0 Å². The summed E-state index contributed by atoms with van der Waals surface area (Å²) < 4.78 is 5.61. The molecule has 192 valence electrons. The highest BCUT2D eigenvalue weighted by Gasteiger charge is 2.59. The van der Waals surface area contributed by atoms with Gasteiger partial charge in [0.2, 0.25) is 0 Å². The second kappa shape index (κ2) is 9.74. The Morgan fingerprint density at radius 1 is 1.06 bits per heavy atom. The first kappa shape index (κ1) is 26.0. The summed E-state index contributed by atoms with van der Waals surface area (Å²) in [6, 6.07) is 0. The molecule has 0 heterocycles. The van der Waals surface area contributed by atoms with E-state index in [0.717, 1.165) is 49.9 Å². The van der Waals surface area contributed by atoms with Crippen LogP contribution >= 0.6 is 0 Å². The first-order valence-corrected chi connectivity index (χ1v) is 14.4. The Kier molecular flexibility index (Phi) is 7.43. The maximum Gasteiger partial charge on any atom is 0.302 e. The van der Waals surface area contributed by atoms with Gasteiger partial charge in [-0.3, -0.25) is 9.59 Å². The third-order valence-corrected chi connectivity index (χ3v) is 11.5. The normalized spacial score (nSPS) is 41.1. The standard InChI is InChI=1S/C31H50O3/c1-8-22(19(2)3)17-29(33)20(4)26-11-12-27-25-10-9-23-18-24(34-21(5)32)13-15-30(23,6)28(25)14-16-31(26,27)7/h9,19-20,22,24-28H,8,10-18H2,1-7H3/t20-,22+,24-,25?,26?,27?,28?,30-,31+/m0/s1. The van der Waals surface area contributed by atoms with E-state index in [4.69, 9.17) is 4.74 Å². The van der Waals surface area contributed by atoms with E-state index in [9.17, 15) is 9.59 Å². The van der Waals surface area contributed by atoms with Crippen molar-refractivity contribution in [2.75, 3.05) is 0 Å². The first-order valence-electron chi connectivity index (χ1n) is 14.4. The predicted molar refractivity (Wildman–Crippen MR) is 138 cm³/mol. The summed E-state index contributed by atoms with van der Waals surface area (Å²) >= 11 is 0. The number of ketones is 1. The molecule has 4 aliphatic carbocycles. The van der Waals surface area contributed by atoms with Crippen LogP contribution in [0.15, 0.2) is 11.6 Å². The molecule has 0 aliphatic heterocycles. The van der Waals surface area contributed by atoms with Crippen LogP contribution in [0.3, 0.4) is 0 Å². The summed E-state index contributed by atoms with van der Waals surface area (Å²) in [5, 5.41) is 0. The summed E-state index contributed by atoms with van der Waals surface area (Å²) in [7, 11) is 0. The molecule has 4 rings (SSSR count). The van der Waals surface area contributed by atoms with Gasteiger partial charge in [-0.1, -0.05) is 59.6 Å². The molecule has 0 bridgehead atoms. The molecule has 3 nitrogen and oxygen atoms in total. The fourth-order valence-electron chi connectivity index (χ4n) is 9.34. The van der Waals surface area contributed by atoms with E-state index in [-0.39, 0.29) is 23.4 Å². The van der Waals surface area contributed by atoms with Gasteiger partial charge in [-0.2, -0.15) is 0 Å². The molecule has 3 fully saturated rings. The molecular formula is C31H50O3. The SMILES string of the molecule is CC[C@H](CC(=O)[C@@H](C)C1CCC2C3CC=C4C[C@@H](OC(C)=O)CC[C@]4(C)C3CC[C@@]21C)C(C)C. The lowest BCUT2D eigenvalue weighted by atomic mass is 9.47. The number of Topliss-reactive ketones (excluding diaryl/α,β-unsaturated/α-hetero) is 1. The maximum absolute atomic E-state index is 13.4. The third kappa shape index (κ3) is 4.43. The second-order valence-corrected chi connectivity index (χ2v) is 13.3. The molecule has 0 radical (unpaired) electrons. The quantitative estimate of drug-likeness (QED) is 0.282. The molecule has 4 unspecified atom stereocenters. The van der Waals surface area contributed by atoms with Gasteiger partial charge >= 0.3 is 5.97 Å². The Labute approximate surface area is 208 Å². The minimum Gasteiger partial charge on any atom is -0.462 e. The number of carbonyl (C=O) groups is 2. The fourth-order valence-corrected chi connectivity index (χ4v) is 9.34. The molecule has 3 saturated carbocycles. The highest BCUT2D eigenvalue weighted by atomic mass is 16.5. The van der Waals surface area contributed by atoms with E-state index < -0.39 is 0 Å². The summed E-state index contributed by atoms with van der Waals surface area (Å²) in [5.41, 5.74) is 2.14. The molecule has 0 aromatic rings. The molecule has 0 saturated heterocycles. The zero-order chi connectivity index (χ0) is 24.8. The maximum atomic E-state index is 13.4. The van der Waals surface area contributed by atoms with Crippen LogP contribution in [0.25, 0.3) is 0 Å². The van der Waals surface area contributed by atoms with E-state index in [2.05, 4.69) is 47.6 Å². The van der Waals surface area contributed by atoms with Crippen LogP contribution < -0.4 is 0 Å². The lowest BCUT2D eigenvalue weighted by Gasteiger charge is -2.58. The Bertz CT molecular complexity index is 811. The molecule has 0 aromatic heterocycles. The van der Waals surface area contributed by atoms with Crippen LogP contribution in [0.2, 0.25) is 0 Å². The van der Waals surface area contributed by atoms with Crippen molar-refractivity contribution in [1.82, 2.24) is 0 Å². The van der Waals surface area contributed by atoms with Gasteiger partial charge in [-0.15, -0.1) is 0 Å². The lowest BCUT2D eigenvalue weighted by molar-refractivity contribution is -0.148. The Morgan fingerprint density at radius 3 is 2.44 bits per heavy atom. The van der Waals surface area contributed by atoms with Crippen molar-refractivity contribution in [3.63, 3.8) is 0 Å². The lowest BCUT2D eigenvalue weighted by Crippen LogP contribution is -2.51. The third-order valence-electron chi connectivity index (χ3n) is 11.5. The van der Waals surface area contributed by atoms with Gasteiger partial charge in [0.05, 0.1) is 0 Å². The average molecular weight is 471 g/mol. The number of allylic oxidation sites excluding steroid dienone is 1. The number of carbonyl (C=O) groups excluding carboxylic acids is 2. The summed E-state index contributed by atoms with van der Waals surface area (Å²) in [6.07, 6.45) is 13.9. The minimum atomic E-state index is -0.143. The molecule has 0 N–H and O–H groups in total. The highest BCUT2D eigenvalue weighted by molar-refractivity contribution is 5.81. The van der Waals surface area contributed by atoms with Crippen LogP contribution in [0.5, 0.6) is 0 Å². The van der Waals surface area contributed by atoms with Crippen molar-refractivity contribution >= 4 is 11.8 Å². The van der Waals surface area contributed by atoms with Gasteiger partial charge < -0.3 is 4.74 Å². The Balaban J connectivity index is 1.49. The molecule has 0 spiro atoms. The molecule has 0 amide bonds.